The lowest BCUT2D eigenvalue weighted by molar-refractivity contribution is -0.122. The van der Waals surface area contributed by atoms with Crippen molar-refractivity contribution in [2.45, 2.75) is 25.8 Å². The van der Waals surface area contributed by atoms with Crippen LogP contribution in [0.25, 0.3) is 11.4 Å². The quantitative estimate of drug-likeness (QED) is 0.841. The van der Waals surface area contributed by atoms with Crippen LogP contribution >= 0.6 is 0 Å². The molecule has 0 aliphatic rings. The van der Waals surface area contributed by atoms with Crippen LogP contribution in [0.1, 0.15) is 19.2 Å². The molecule has 0 saturated carbocycles. The number of nitrogens with zero attached hydrogens (tertiary/aromatic N) is 2. The maximum atomic E-state index is 11.7. The molecule has 1 atom stereocenters. The summed E-state index contributed by atoms with van der Waals surface area (Å²) in [5.74, 6) is 0.946. The number of rotatable bonds is 7. The third-order valence-electron chi connectivity index (χ3n) is 2.89. The molecule has 0 spiro atoms. The molecule has 112 valence electrons. The first-order chi connectivity index (χ1) is 10.2. The van der Waals surface area contributed by atoms with Gasteiger partial charge in [-0.1, -0.05) is 35.5 Å². The number of carbonyl (C=O) groups excluding carboxylic acids is 1. The minimum Gasteiger partial charge on any atom is -0.383 e. The molecule has 0 aliphatic carbocycles. The highest BCUT2D eigenvalue weighted by molar-refractivity contribution is 5.76. The Morgan fingerprint density at radius 1 is 1.38 bits per heavy atom. The maximum absolute atomic E-state index is 11.7. The highest BCUT2D eigenvalue weighted by Crippen LogP contribution is 2.15. The van der Waals surface area contributed by atoms with Crippen LogP contribution < -0.4 is 5.32 Å². The van der Waals surface area contributed by atoms with E-state index < -0.39 is 0 Å². The van der Waals surface area contributed by atoms with Gasteiger partial charge in [0, 0.05) is 31.6 Å². The number of hydrogen-bond donors (Lipinski definition) is 1. The van der Waals surface area contributed by atoms with Crippen molar-refractivity contribution in [3.05, 3.63) is 36.2 Å². The fourth-order valence-corrected chi connectivity index (χ4v) is 1.92. The number of hydrogen-bond acceptors (Lipinski definition) is 5. The zero-order chi connectivity index (χ0) is 15.1. The van der Waals surface area contributed by atoms with E-state index in [1.165, 1.54) is 0 Å². The van der Waals surface area contributed by atoms with Gasteiger partial charge in [0.2, 0.25) is 17.6 Å². The molecule has 1 aromatic heterocycles. The maximum Gasteiger partial charge on any atom is 0.227 e. The Morgan fingerprint density at radius 2 is 2.14 bits per heavy atom. The van der Waals surface area contributed by atoms with E-state index in [1.54, 1.807) is 7.11 Å². The van der Waals surface area contributed by atoms with Crippen molar-refractivity contribution in [2.24, 2.45) is 0 Å². The number of methoxy groups -OCH3 is 1. The number of nitrogens with one attached hydrogen (secondary N) is 1. The minimum absolute atomic E-state index is 0.00920. The molecular formula is C15H19N3O3. The second kappa shape index (κ2) is 7.54. The van der Waals surface area contributed by atoms with E-state index in [9.17, 15) is 4.79 Å². The zero-order valence-electron chi connectivity index (χ0n) is 12.2. The SMILES string of the molecule is COC[C@@H](C)NC(=O)CCc1nc(-c2ccccc2)no1. The second-order valence-electron chi connectivity index (χ2n) is 4.80. The first-order valence-corrected chi connectivity index (χ1v) is 6.85. The zero-order valence-corrected chi connectivity index (χ0v) is 12.2. The van der Waals surface area contributed by atoms with Gasteiger partial charge in [-0.25, -0.2) is 0 Å². The summed E-state index contributed by atoms with van der Waals surface area (Å²) in [6.45, 7) is 2.38. The molecule has 21 heavy (non-hydrogen) atoms. The molecule has 0 fully saturated rings. The molecule has 2 rings (SSSR count). The molecule has 0 saturated heterocycles. The van der Waals surface area contributed by atoms with E-state index in [2.05, 4.69) is 15.5 Å². The van der Waals surface area contributed by atoms with Gasteiger partial charge in [0.15, 0.2) is 0 Å². The van der Waals surface area contributed by atoms with Gasteiger partial charge in [-0.3, -0.25) is 4.79 Å². The van der Waals surface area contributed by atoms with Crippen molar-refractivity contribution in [1.82, 2.24) is 15.5 Å². The number of aromatic nitrogens is 2. The van der Waals surface area contributed by atoms with Crippen LogP contribution in [0.2, 0.25) is 0 Å². The van der Waals surface area contributed by atoms with Crippen LogP contribution in [0.3, 0.4) is 0 Å². The third-order valence-corrected chi connectivity index (χ3v) is 2.89. The van der Waals surface area contributed by atoms with Gasteiger partial charge in [0.05, 0.1) is 6.61 Å². The smallest absolute Gasteiger partial charge is 0.227 e. The largest absolute Gasteiger partial charge is 0.383 e. The van der Waals surface area contributed by atoms with Crippen LogP contribution in [-0.2, 0) is 16.0 Å². The van der Waals surface area contributed by atoms with Crippen molar-refractivity contribution in [3.8, 4) is 11.4 Å². The van der Waals surface area contributed by atoms with Crippen molar-refractivity contribution >= 4 is 5.91 Å². The minimum atomic E-state index is -0.0565. The Balaban J connectivity index is 1.84. The molecule has 1 N–H and O–H groups in total. The van der Waals surface area contributed by atoms with E-state index in [1.807, 2.05) is 37.3 Å². The molecule has 0 unspecified atom stereocenters. The summed E-state index contributed by atoms with van der Waals surface area (Å²) < 4.78 is 10.1. The Kier molecular flexibility index (Phi) is 5.45. The van der Waals surface area contributed by atoms with Crippen LogP contribution in [0, 0.1) is 0 Å². The molecule has 0 bridgehead atoms. The number of carbonyl (C=O) groups is 1. The molecule has 0 aliphatic heterocycles. The Morgan fingerprint density at radius 3 is 2.86 bits per heavy atom. The molecule has 2 aromatic rings. The number of amides is 1. The molecular weight excluding hydrogens is 270 g/mol. The second-order valence-corrected chi connectivity index (χ2v) is 4.80. The Hall–Kier alpha value is -2.21. The average Bonchev–Trinajstić information content (AvgIpc) is 2.95. The molecule has 1 heterocycles. The first-order valence-electron chi connectivity index (χ1n) is 6.85. The summed E-state index contributed by atoms with van der Waals surface area (Å²) in [7, 11) is 1.60. The molecule has 6 nitrogen and oxygen atoms in total. The molecule has 1 aromatic carbocycles. The van der Waals surface area contributed by atoms with Gasteiger partial charge in [-0.2, -0.15) is 4.98 Å². The van der Waals surface area contributed by atoms with E-state index in [4.69, 9.17) is 9.26 Å². The van der Waals surface area contributed by atoms with Gasteiger partial charge < -0.3 is 14.6 Å². The van der Waals surface area contributed by atoms with Crippen LogP contribution in [0.4, 0.5) is 0 Å². The fourth-order valence-electron chi connectivity index (χ4n) is 1.92. The summed E-state index contributed by atoms with van der Waals surface area (Å²) in [5.41, 5.74) is 0.894. The predicted molar refractivity (Wildman–Crippen MR) is 77.5 cm³/mol. The van der Waals surface area contributed by atoms with E-state index in [0.717, 1.165) is 5.56 Å². The van der Waals surface area contributed by atoms with Crippen molar-refractivity contribution in [3.63, 3.8) is 0 Å². The van der Waals surface area contributed by atoms with Crippen molar-refractivity contribution in [2.75, 3.05) is 13.7 Å². The van der Waals surface area contributed by atoms with Crippen LogP contribution in [-0.4, -0.2) is 35.8 Å². The normalized spacial score (nSPS) is 12.1. The number of ether oxygens (including phenoxy) is 1. The van der Waals surface area contributed by atoms with Gasteiger partial charge in [-0.05, 0) is 6.92 Å². The van der Waals surface area contributed by atoms with Crippen molar-refractivity contribution < 1.29 is 14.1 Å². The summed E-state index contributed by atoms with van der Waals surface area (Å²) in [6.07, 6.45) is 0.732. The summed E-state index contributed by atoms with van der Waals surface area (Å²) in [6, 6.07) is 9.56. The lowest BCUT2D eigenvalue weighted by Gasteiger charge is -2.11. The average molecular weight is 289 g/mol. The van der Waals surface area contributed by atoms with Crippen LogP contribution in [0.15, 0.2) is 34.9 Å². The monoisotopic (exact) mass is 289 g/mol. The van der Waals surface area contributed by atoms with Crippen molar-refractivity contribution in [1.29, 1.82) is 0 Å². The molecule has 1 amide bonds. The summed E-state index contributed by atoms with van der Waals surface area (Å²) in [5, 5.41) is 6.75. The van der Waals surface area contributed by atoms with Gasteiger partial charge in [0.25, 0.3) is 0 Å². The third kappa shape index (κ3) is 4.68. The number of aryl methyl sites for hydroxylation is 1. The topological polar surface area (TPSA) is 77.2 Å². The highest BCUT2D eigenvalue weighted by atomic mass is 16.5. The van der Waals surface area contributed by atoms with Gasteiger partial charge in [0.1, 0.15) is 0 Å². The van der Waals surface area contributed by atoms with E-state index in [-0.39, 0.29) is 11.9 Å². The number of benzene rings is 1. The predicted octanol–water partition coefficient (Wildman–Crippen LogP) is 1.82. The highest BCUT2D eigenvalue weighted by Gasteiger charge is 2.11. The van der Waals surface area contributed by atoms with Gasteiger partial charge >= 0.3 is 0 Å². The lowest BCUT2D eigenvalue weighted by Crippen LogP contribution is -2.35. The first kappa shape index (κ1) is 15.2. The summed E-state index contributed by atoms with van der Waals surface area (Å²) in [4.78, 5) is 16.0. The Labute approximate surface area is 123 Å². The molecule has 0 radical (unpaired) electrons. The van der Waals surface area contributed by atoms with Gasteiger partial charge in [-0.15, -0.1) is 0 Å². The van der Waals surface area contributed by atoms with E-state index >= 15 is 0 Å². The van der Waals surface area contributed by atoms with Crippen LogP contribution in [0.5, 0.6) is 0 Å². The summed E-state index contributed by atoms with van der Waals surface area (Å²) >= 11 is 0. The van der Waals surface area contributed by atoms with E-state index in [0.29, 0.717) is 31.2 Å². The standard InChI is InChI=1S/C15H19N3O3/c1-11(10-20-2)16-13(19)8-9-14-17-15(18-21-14)12-6-4-3-5-7-12/h3-7,11H,8-10H2,1-2H3,(H,16,19)/t11-/m1/s1. The lowest BCUT2D eigenvalue weighted by atomic mass is 10.2. The fraction of sp³-hybridized carbons (Fsp3) is 0.400. The Bertz CT molecular complexity index is 569. The molecule has 6 heteroatoms.